The van der Waals surface area contributed by atoms with E-state index in [1.54, 1.807) is 11.3 Å². The van der Waals surface area contributed by atoms with Crippen molar-refractivity contribution in [1.29, 1.82) is 0 Å². The number of thiophene rings is 1. The summed E-state index contributed by atoms with van der Waals surface area (Å²) in [4.78, 5) is 9.06. The van der Waals surface area contributed by atoms with E-state index in [1.165, 1.54) is 0 Å². The number of hydrogen-bond acceptors (Lipinski definition) is 4. The third-order valence-corrected chi connectivity index (χ3v) is 3.20. The van der Waals surface area contributed by atoms with Gasteiger partial charge in [0.2, 0.25) is 0 Å². The van der Waals surface area contributed by atoms with E-state index >= 15 is 0 Å². The van der Waals surface area contributed by atoms with Crippen molar-refractivity contribution in [3.05, 3.63) is 28.1 Å². The molecule has 0 fully saturated rings. The number of aromatic nitrogens is 2. The fraction of sp³-hybridized carbons (Fsp3) is 0.333. The van der Waals surface area contributed by atoms with Gasteiger partial charge in [0, 0.05) is 28.7 Å². The topological polar surface area (TPSA) is 37.8 Å². The van der Waals surface area contributed by atoms with E-state index in [1.807, 2.05) is 25.3 Å². The minimum absolute atomic E-state index is 0.806. The highest BCUT2D eigenvalue weighted by atomic mass is 32.1. The number of nitrogens with one attached hydrogen (secondary N) is 1. The SMILES string of the molecule is CCNc1nc(-c2ccsc2)nc(C)c1C. The van der Waals surface area contributed by atoms with Crippen molar-refractivity contribution in [2.45, 2.75) is 20.8 Å². The maximum absolute atomic E-state index is 4.55. The Hall–Kier alpha value is -1.42. The Balaban J connectivity index is 2.48. The zero-order chi connectivity index (χ0) is 11.5. The van der Waals surface area contributed by atoms with Crippen molar-refractivity contribution >= 4 is 17.2 Å². The summed E-state index contributed by atoms with van der Waals surface area (Å²) in [7, 11) is 0. The van der Waals surface area contributed by atoms with Crippen LogP contribution in [0.15, 0.2) is 16.8 Å². The Morgan fingerprint density at radius 3 is 2.75 bits per heavy atom. The fourth-order valence-corrected chi connectivity index (χ4v) is 2.12. The Kier molecular flexibility index (Phi) is 3.19. The number of nitrogens with zero attached hydrogens (tertiary/aromatic N) is 2. The lowest BCUT2D eigenvalue weighted by Crippen LogP contribution is -2.05. The molecule has 3 nitrogen and oxygen atoms in total. The molecule has 0 saturated carbocycles. The van der Waals surface area contributed by atoms with Crippen molar-refractivity contribution in [1.82, 2.24) is 9.97 Å². The Bertz CT molecular complexity index is 477. The van der Waals surface area contributed by atoms with Gasteiger partial charge < -0.3 is 5.32 Å². The van der Waals surface area contributed by atoms with Crippen LogP contribution in [-0.4, -0.2) is 16.5 Å². The van der Waals surface area contributed by atoms with E-state index in [2.05, 4.69) is 27.6 Å². The summed E-state index contributed by atoms with van der Waals surface area (Å²) in [6.07, 6.45) is 0. The van der Waals surface area contributed by atoms with Gasteiger partial charge in [-0.1, -0.05) is 0 Å². The first-order valence-corrected chi connectivity index (χ1v) is 6.28. The molecule has 0 bridgehead atoms. The minimum Gasteiger partial charge on any atom is -0.370 e. The molecule has 0 radical (unpaired) electrons. The number of hydrogen-bond donors (Lipinski definition) is 1. The minimum atomic E-state index is 0.806. The summed E-state index contributed by atoms with van der Waals surface area (Å²) < 4.78 is 0. The number of aryl methyl sites for hydroxylation is 1. The highest BCUT2D eigenvalue weighted by Gasteiger charge is 2.08. The molecule has 1 N–H and O–H groups in total. The van der Waals surface area contributed by atoms with Gasteiger partial charge in [-0.05, 0) is 32.2 Å². The van der Waals surface area contributed by atoms with Gasteiger partial charge in [-0.2, -0.15) is 11.3 Å². The first-order valence-electron chi connectivity index (χ1n) is 5.34. The molecule has 84 valence electrons. The molecule has 0 spiro atoms. The van der Waals surface area contributed by atoms with Crippen LogP contribution in [-0.2, 0) is 0 Å². The van der Waals surface area contributed by atoms with E-state index in [4.69, 9.17) is 0 Å². The summed E-state index contributed by atoms with van der Waals surface area (Å²) in [5.74, 6) is 1.75. The van der Waals surface area contributed by atoms with Crippen LogP contribution in [0.5, 0.6) is 0 Å². The standard InChI is InChI=1S/C12H15N3S/c1-4-13-11-8(2)9(3)14-12(15-11)10-5-6-16-7-10/h5-7H,4H2,1-3H3,(H,13,14,15). The third kappa shape index (κ3) is 2.07. The molecule has 0 atom stereocenters. The Morgan fingerprint density at radius 2 is 2.12 bits per heavy atom. The summed E-state index contributed by atoms with van der Waals surface area (Å²) in [5.41, 5.74) is 3.25. The first kappa shape index (κ1) is 11.1. The van der Waals surface area contributed by atoms with E-state index in [0.717, 1.165) is 35.0 Å². The smallest absolute Gasteiger partial charge is 0.162 e. The number of anilines is 1. The molecule has 0 amide bonds. The van der Waals surface area contributed by atoms with Crippen LogP contribution in [0.1, 0.15) is 18.2 Å². The Labute approximate surface area is 99.6 Å². The fourth-order valence-electron chi connectivity index (χ4n) is 1.49. The van der Waals surface area contributed by atoms with Crippen molar-refractivity contribution in [3.63, 3.8) is 0 Å². The molecule has 0 saturated heterocycles. The van der Waals surface area contributed by atoms with Crippen molar-refractivity contribution in [3.8, 4) is 11.4 Å². The predicted octanol–water partition coefficient (Wildman–Crippen LogP) is 3.25. The summed E-state index contributed by atoms with van der Waals surface area (Å²) in [6.45, 7) is 7.01. The van der Waals surface area contributed by atoms with Gasteiger partial charge >= 0.3 is 0 Å². The molecule has 0 aliphatic rings. The highest BCUT2D eigenvalue weighted by molar-refractivity contribution is 7.08. The molecule has 2 aromatic heterocycles. The Morgan fingerprint density at radius 1 is 1.31 bits per heavy atom. The number of rotatable bonds is 3. The second-order valence-electron chi connectivity index (χ2n) is 3.65. The molecule has 2 heterocycles. The van der Waals surface area contributed by atoms with Crippen molar-refractivity contribution < 1.29 is 0 Å². The second-order valence-corrected chi connectivity index (χ2v) is 4.43. The molecule has 2 aromatic rings. The van der Waals surface area contributed by atoms with Crippen LogP contribution in [0, 0.1) is 13.8 Å². The van der Waals surface area contributed by atoms with Gasteiger partial charge in [-0.3, -0.25) is 0 Å². The molecular formula is C12H15N3S. The predicted molar refractivity (Wildman–Crippen MR) is 69.0 cm³/mol. The van der Waals surface area contributed by atoms with Gasteiger partial charge in [0.05, 0.1) is 0 Å². The summed E-state index contributed by atoms with van der Waals surface area (Å²) in [6, 6.07) is 2.05. The average Bonchev–Trinajstić information content (AvgIpc) is 2.78. The normalized spacial score (nSPS) is 10.4. The zero-order valence-corrected chi connectivity index (χ0v) is 10.6. The van der Waals surface area contributed by atoms with Crippen molar-refractivity contribution in [2.24, 2.45) is 0 Å². The van der Waals surface area contributed by atoms with E-state index in [-0.39, 0.29) is 0 Å². The van der Waals surface area contributed by atoms with E-state index in [0.29, 0.717) is 0 Å². The molecule has 4 heteroatoms. The maximum Gasteiger partial charge on any atom is 0.162 e. The van der Waals surface area contributed by atoms with Crippen LogP contribution in [0.25, 0.3) is 11.4 Å². The monoisotopic (exact) mass is 233 g/mol. The quantitative estimate of drug-likeness (QED) is 0.884. The molecule has 0 aliphatic carbocycles. The van der Waals surface area contributed by atoms with Crippen LogP contribution in [0.3, 0.4) is 0 Å². The maximum atomic E-state index is 4.55. The molecule has 0 aliphatic heterocycles. The van der Waals surface area contributed by atoms with Gasteiger partial charge in [0.15, 0.2) is 5.82 Å². The summed E-state index contributed by atoms with van der Waals surface area (Å²) in [5, 5.41) is 7.38. The van der Waals surface area contributed by atoms with Crippen LogP contribution in [0.4, 0.5) is 5.82 Å². The highest BCUT2D eigenvalue weighted by Crippen LogP contribution is 2.23. The van der Waals surface area contributed by atoms with Crippen LogP contribution in [0.2, 0.25) is 0 Å². The lowest BCUT2D eigenvalue weighted by atomic mass is 10.2. The third-order valence-electron chi connectivity index (χ3n) is 2.51. The molecule has 16 heavy (non-hydrogen) atoms. The molecule has 0 unspecified atom stereocenters. The van der Waals surface area contributed by atoms with Gasteiger partial charge in [-0.15, -0.1) is 0 Å². The van der Waals surface area contributed by atoms with Gasteiger partial charge in [-0.25, -0.2) is 9.97 Å². The summed E-state index contributed by atoms with van der Waals surface area (Å²) >= 11 is 1.66. The zero-order valence-electron chi connectivity index (χ0n) is 9.74. The van der Waals surface area contributed by atoms with Crippen LogP contribution >= 0.6 is 11.3 Å². The van der Waals surface area contributed by atoms with E-state index < -0.39 is 0 Å². The van der Waals surface area contributed by atoms with Gasteiger partial charge in [0.1, 0.15) is 5.82 Å². The van der Waals surface area contributed by atoms with Crippen LogP contribution < -0.4 is 5.32 Å². The van der Waals surface area contributed by atoms with Crippen molar-refractivity contribution in [2.75, 3.05) is 11.9 Å². The molecule has 2 rings (SSSR count). The largest absolute Gasteiger partial charge is 0.370 e. The van der Waals surface area contributed by atoms with E-state index in [9.17, 15) is 0 Å². The second kappa shape index (κ2) is 4.61. The average molecular weight is 233 g/mol. The molecular weight excluding hydrogens is 218 g/mol. The lowest BCUT2D eigenvalue weighted by Gasteiger charge is -2.10. The first-order chi connectivity index (χ1) is 7.72. The molecule has 0 aromatic carbocycles. The lowest BCUT2D eigenvalue weighted by molar-refractivity contribution is 1.05. The van der Waals surface area contributed by atoms with Gasteiger partial charge in [0.25, 0.3) is 0 Å².